The largest absolute Gasteiger partial charge is 0.387 e. The van der Waals surface area contributed by atoms with Gasteiger partial charge in [0.2, 0.25) is 0 Å². The SMILES string of the molecule is Cc1ccc(C(O)CNCc2cccc3c2CCOC3)cc1. The van der Waals surface area contributed by atoms with Crippen molar-refractivity contribution in [2.75, 3.05) is 13.2 Å². The molecule has 3 nitrogen and oxygen atoms in total. The van der Waals surface area contributed by atoms with Crippen LogP contribution in [0.5, 0.6) is 0 Å². The molecule has 0 saturated heterocycles. The van der Waals surface area contributed by atoms with Crippen LogP contribution < -0.4 is 5.32 Å². The van der Waals surface area contributed by atoms with Crippen LogP contribution in [0.3, 0.4) is 0 Å². The van der Waals surface area contributed by atoms with Crippen LogP contribution in [0.4, 0.5) is 0 Å². The van der Waals surface area contributed by atoms with E-state index in [-0.39, 0.29) is 0 Å². The van der Waals surface area contributed by atoms with Crippen molar-refractivity contribution in [3.63, 3.8) is 0 Å². The number of aliphatic hydroxyl groups is 1. The fourth-order valence-electron chi connectivity index (χ4n) is 2.92. The number of ether oxygens (including phenoxy) is 1. The van der Waals surface area contributed by atoms with Crippen LogP contribution in [0.2, 0.25) is 0 Å². The standard InChI is InChI=1S/C19H23NO2/c1-14-5-7-15(8-6-14)19(21)12-20-11-16-3-2-4-17-13-22-10-9-18(16)17/h2-8,19-21H,9-13H2,1H3. The maximum Gasteiger partial charge on any atom is 0.0914 e. The van der Waals surface area contributed by atoms with E-state index in [4.69, 9.17) is 4.74 Å². The van der Waals surface area contributed by atoms with Gasteiger partial charge in [0.1, 0.15) is 0 Å². The van der Waals surface area contributed by atoms with Gasteiger partial charge in [-0.25, -0.2) is 0 Å². The zero-order chi connectivity index (χ0) is 15.4. The lowest BCUT2D eigenvalue weighted by atomic mass is 9.97. The smallest absolute Gasteiger partial charge is 0.0914 e. The number of rotatable bonds is 5. The van der Waals surface area contributed by atoms with Gasteiger partial charge in [-0.3, -0.25) is 0 Å². The van der Waals surface area contributed by atoms with Crippen LogP contribution >= 0.6 is 0 Å². The van der Waals surface area contributed by atoms with E-state index in [2.05, 4.69) is 30.4 Å². The summed E-state index contributed by atoms with van der Waals surface area (Å²) < 4.78 is 5.50. The molecule has 2 N–H and O–H groups in total. The van der Waals surface area contributed by atoms with E-state index in [9.17, 15) is 5.11 Å². The van der Waals surface area contributed by atoms with Crippen LogP contribution in [-0.4, -0.2) is 18.3 Å². The van der Waals surface area contributed by atoms with Gasteiger partial charge in [0.05, 0.1) is 19.3 Å². The lowest BCUT2D eigenvalue weighted by molar-refractivity contribution is 0.110. The summed E-state index contributed by atoms with van der Waals surface area (Å²) in [6, 6.07) is 14.4. The highest BCUT2D eigenvalue weighted by Gasteiger charge is 2.13. The van der Waals surface area contributed by atoms with Crippen molar-refractivity contribution in [2.45, 2.75) is 32.6 Å². The lowest BCUT2D eigenvalue weighted by Crippen LogP contribution is -2.23. The molecule has 22 heavy (non-hydrogen) atoms. The minimum absolute atomic E-state index is 0.469. The second-order valence-corrected chi connectivity index (χ2v) is 5.91. The number of aliphatic hydroxyl groups excluding tert-OH is 1. The van der Waals surface area contributed by atoms with Gasteiger partial charge in [-0.05, 0) is 35.6 Å². The van der Waals surface area contributed by atoms with Crippen LogP contribution in [0.1, 0.15) is 33.9 Å². The Kier molecular flexibility index (Phi) is 4.88. The van der Waals surface area contributed by atoms with Gasteiger partial charge in [0, 0.05) is 13.1 Å². The maximum absolute atomic E-state index is 10.2. The minimum atomic E-state index is -0.469. The predicted octanol–water partition coefficient (Wildman–Crippen LogP) is 2.89. The molecule has 2 aromatic rings. The van der Waals surface area contributed by atoms with Gasteiger partial charge in [0.25, 0.3) is 0 Å². The Morgan fingerprint density at radius 3 is 2.82 bits per heavy atom. The fourth-order valence-corrected chi connectivity index (χ4v) is 2.92. The summed E-state index contributed by atoms with van der Waals surface area (Å²) >= 11 is 0. The first kappa shape index (κ1) is 15.2. The molecule has 1 unspecified atom stereocenters. The van der Waals surface area contributed by atoms with Crippen LogP contribution in [0.25, 0.3) is 0 Å². The Hall–Kier alpha value is -1.68. The zero-order valence-electron chi connectivity index (χ0n) is 13.0. The Bertz CT molecular complexity index is 622. The lowest BCUT2D eigenvalue weighted by Gasteiger charge is -2.20. The van der Waals surface area contributed by atoms with Gasteiger partial charge in [-0.2, -0.15) is 0 Å². The number of nitrogens with one attached hydrogen (secondary N) is 1. The van der Waals surface area contributed by atoms with Crippen molar-refractivity contribution in [3.05, 3.63) is 70.3 Å². The number of fused-ring (bicyclic) bond motifs is 1. The van der Waals surface area contributed by atoms with Crippen LogP contribution in [0, 0.1) is 6.92 Å². The third-order valence-electron chi connectivity index (χ3n) is 4.24. The minimum Gasteiger partial charge on any atom is -0.387 e. The van der Waals surface area contributed by atoms with E-state index in [0.717, 1.165) is 31.7 Å². The van der Waals surface area contributed by atoms with Gasteiger partial charge >= 0.3 is 0 Å². The molecule has 0 fully saturated rings. The van der Waals surface area contributed by atoms with Crippen molar-refractivity contribution in [2.24, 2.45) is 0 Å². The van der Waals surface area contributed by atoms with Gasteiger partial charge in [0.15, 0.2) is 0 Å². The molecular formula is C19H23NO2. The molecule has 3 heteroatoms. The number of aryl methyl sites for hydroxylation is 1. The molecule has 3 rings (SSSR count). The third-order valence-corrected chi connectivity index (χ3v) is 4.24. The normalized spacial score (nSPS) is 15.4. The molecule has 0 saturated carbocycles. The predicted molar refractivity (Wildman–Crippen MR) is 87.6 cm³/mol. The molecule has 0 aromatic heterocycles. The number of benzene rings is 2. The Balaban J connectivity index is 1.58. The Morgan fingerprint density at radius 2 is 2.00 bits per heavy atom. The molecule has 2 aromatic carbocycles. The third kappa shape index (κ3) is 3.55. The van der Waals surface area contributed by atoms with Crippen LogP contribution in [-0.2, 0) is 24.3 Å². The van der Waals surface area contributed by atoms with Crippen molar-refractivity contribution < 1.29 is 9.84 Å². The Labute approximate surface area is 131 Å². The number of hydrogen-bond acceptors (Lipinski definition) is 3. The van der Waals surface area contributed by atoms with E-state index < -0.39 is 6.10 Å². The van der Waals surface area contributed by atoms with Crippen molar-refractivity contribution in [3.8, 4) is 0 Å². The summed E-state index contributed by atoms with van der Waals surface area (Å²) in [5, 5.41) is 13.6. The summed E-state index contributed by atoms with van der Waals surface area (Å²) in [5.74, 6) is 0. The monoisotopic (exact) mass is 297 g/mol. The van der Waals surface area contributed by atoms with Gasteiger partial charge in [-0.15, -0.1) is 0 Å². The van der Waals surface area contributed by atoms with E-state index >= 15 is 0 Å². The quantitative estimate of drug-likeness (QED) is 0.891. The highest BCUT2D eigenvalue weighted by atomic mass is 16.5. The molecule has 0 radical (unpaired) electrons. The first-order valence-electron chi connectivity index (χ1n) is 7.87. The summed E-state index contributed by atoms with van der Waals surface area (Å²) in [5.41, 5.74) is 6.19. The topological polar surface area (TPSA) is 41.5 Å². The van der Waals surface area contributed by atoms with Crippen molar-refractivity contribution in [1.29, 1.82) is 0 Å². The van der Waals surface area contributed by atoms with E-state index in [1.165, 1.54) is 22.3 Å². The zero-order valence-corrected chi connectivity index (χ0v) is 13.0. The molecule has 1 atom stereocenters. The molecule has 1 heterocycles. The molecule has 1 aliphatic rings. The van der Waals surface area contributed by atoms with Crippen molar-refractivity contribution >= 4 is 0 Å². The molecule has 0 aliphatic carbocycles. The summed E-state index contributed by atoms with van der Waals surface area (Å²) in [4.78, 5) is 0. The van der Waals surface area contributed by atoms with E-state index in [0.29, 0.717) is 6.54 Å². The molecular weight excluding hydrogens is 274 g/mol. The highest BCUT2D eigenvalue weighted by Crippen LogP contribution is 2.21. The van der Waals surface area contributed by atoms with Crippen LogP contribution in [0.15, 0.2) is 42.5 Å². The highest BCUT2D eigenvalue weighted by molar-refractivity contribution is 5.36. The average molecular weight is 297 g/mol. The molecule has 0 spiro atoms. The summed E-state index contributed by atoms with van der Waals surface area (Å²) in [6.07, 6.45) is 0.511. The molecule has 0 bridgehead atoms. The average Bonchev–Trinajstić information content (AvgIpc) is 2.55. The molecule has 1 aliphatic heterocycles. The second kappa shape index (κ2) is 7.05. The molecule has 116 valence electrons. The van der Waals surface area contributed by atoms with Crippen molar-refractivity contribution in [1.82, 2.24) is 5.32 Å². The van der Waals surface area contributed by atoms with E-state index in [1.54, 1.807) is 0 Å². The second-order valence-electron chi connectivity index (χ2n) is 5.91. The van der Waals surface area contributed by atoms with Gasteiger partial charge < -0.3 is 15.2 Å². The number of hydrogen-bond donors (Lipinski definition) is 2. The summed E-state index contributed by atoms with van der Waals surface area (Å²) in [6.45, 7) is 4.91. The van der Waals surface area contributed by atoms with E-state index in [1.807, 2.05) is 24.3 Å². The fraction of sp³-hybridized carbons (Fsp3) is 0.368. The first-order chi connectivity index (χ1) is 10.7. The maximum atomic E-state index is 10.2. The first-order valence-corrected chi connectivity index (χ1v) is 7.87. The molecule has 0 amide bonds. The summed E-state index contributed by atoms with van der Waals surface area (Å²) in [7, 11) is 0. The van der Waals surface area contributed by atoms with Gasteiger partial charge in [-0.1, -0.05) is 48.0 Å². The Morgan fingerprint density at radius 1 is 1.18 bits per heavy atom.